The van der Waals surface area contributed by atoms with Crippen LogP contribution in [0.15, 0.2) is 53.8 Å². The number of halogens is 1. The number of benzene rings is 1. The fraction of sp³-hybridized carbons (Fsp3) is 0.286. The molecular weight excluding hydrogens is 479 g/mol. The number of para-hydroxylation sites is 1. The van der Waals surface area contributed by atoms with Crippen molar-refractivity contribution >= 4 is 53.8 Å². The smallest absolute Gasteiger partial charge is 0.250 e. The Morgan fingerprint density at radius 2 is 1.93 bits per heavy atom. The zero-order valence-corrected chi connectivity index (χ0v) is 20.0. The largest absolute Gasteiger partial charge is 0.542 e. The van der Waals surface area contributed by atoms with Crippen LogP contribution in [0.1, 0.15) is 26.5 Å². The van der Waals surface area contributed by atoms with Crippen LogP contribution in [0.25, 0.3) is 10.9 Å². The summed E-state index contributed by atoms with van der Waals surface area (Å²) in [6.45, 7) is 11.2. The van der Waals surface area contributed by atoms with Gasteiger partial charge in [-0.2, -0.15) is 5.10 Å². The van der Waals surface area contributed by atoms with Gasteiger partial charge in [0.2, 0.25) is 0 Å². The average molecular weight is 504 g/mol. The number of hydrogen-bond donors (Lipinski definition) is 1. The highest BCUT2D eigenvalue weighted by Gasteiger charge is 2.39. The van der Waals surface area contributed by atoms with E-state index in [9.17, 15) is 0 Å². The summed E-state index contributed by atoms with van der Waals surface area (Å²) in [5.41, 5.74) is 4.57. The third-order valence-electron chi connectivity index (χ3n) is 4.97. The summed E-state index contributed by atoms with van der Waals surface area (Å²) >= 11 is 2.24. The minimum Gasteiger partial charge on any atom is -0.542 e. The summed E-state index contributed by atoms with van der Waals surface area (Å²) in [7, 11) is -1.95. The summed E-state index contributed by atoms with van der Waals surface area (Å²) in [5.74, 6) is 1.54. The highest BCUT2D eigenvalue weighted by atomic mass is 127. The summed E-state index contributed by atoms with van der Waals surface area (Å²) in [6.07, 6.45) is 3.45. The molecule has 0 unspecified atom stereocenters. The normalized spacial score (nSPS) is 12.5. The monoisotopic (exact) mass is 504 g/mol. The number of aromatic nitrogens is 2. The SMILES string of the molecule is CC(C)(C)[Si](C)(C)Oc1cccc2ccc(/C=N\Nc3cc(I)ccn3)nc12. The molecule has 1 aromatic carbocycles. The minimum absolute atomic E-state index is 0.123. The van der Waals surface area contributed by atoms with Gasteiger partial charge in [-0.15, -0.1) is 0 Å². The van der Waals surface area contributed by atoms with Crippen LogP contribution in [0, 0.1) is 3.57 Å². The number of hydrogen-bond acceptors (Lipinski definition) is 5. The molecule has 146 valence electrons. The molecule has 0 saturated heterocycles. The number of hydrazone groups is 1. The summed E-state index contributed by atoms with van der Waals surface area (Å²) in [5, 5.41) is 5.45. The predicted octanol–water partition coefficient (Wildman–Crippen LogP) is 6.06. The Bertz CT molecular complexity index is 1010. The lowest BCUT2D eigenvalue weighted by atomic mass is 10.2. The van der Waals surface area contributed by atoms with Gasteiger partial charge in [-0.3, -0.25) is 5.43 Å². The molecule has 2 heterocycles. The zero-order chi connectivity index (χ0) is 20.4. The first-order chi connectivity index (χ1) is 13.2. The zero-order valence-electron chi connectivity index (χ0n) is 16.8. The fourth-order valence-electron chi connectivity index (χ4n) is 2.35. The van der Waals surface area contributed by atoms with Crippen molar-refractivity contribution in [3.63, 3.8) is 0 Å². The highest BCUT2D eigenvalue weighted by molar-refractivity contribution is 14.1. The van der Waals surface area contributed by atoms with E-state index in [1.165, 1.54) is 0 Å². The maximum absolute atomic E-state index is 6.53. The maximum atomic E-state index is 6.53. The topological polar surface area (TPSA) is 59.4 Å². The van der Waals surface area contributed by atoms with E-state index in [0.717, 1.165) is 25.9 Å². The van der Waals surface area contributed by atoms with Gasteiger partial charge < -0.3 is 4.43 Å². The molecular formula is C21H25IN4OSi. The molecule has 0 bridgehead atoms. The number of anilines is 1. The molecule has 3 aromatic rings. The number of pyridine rings is 2. The number of nitrogens with zero attached hydrogens (tertiary/aromatic N) is 3. The van der Waals surface area contributed by atoms with E-state index in [1.54, 1.807) is 12.4 Å². The standard InChI is InChI=1S/C21H25IN4OSi/c1-21(2,3)28(4,5)27-18-8-6-7-15-9-10-17(25-20(15)18)14-24-26-19-13-16(22)11-12-23-19/h6-14H,1-5H3,(H,23,26)/b24-14-. The second-order valence-electron chi connectivity index (χ2n) is 8.16. The van der Waals surface area contributed by atoms with Gasteiger partial charge in [0.1, 0.15) is 17.1 Å². The van der Waals surface area contributed by atoms with Crippen LogP contribution in [0.4, 0.5) is 5.82 Å². The van der Waals surface area contributed by atoms with Crippen molar-refractivity contribution in [1.82, 2.24) is 9.97 Å². The molecule has 0 aliphatic carbocycles. The Hall–Kier alpha value is -2.00. The number of nitrogens with one attached hydrogen (secondary N) is 1. The van der Waals surface area contributed by atoms with E-state index in [2.05, 4.69) is 78.0 Å². The van der Waals surface area contributed by atoms with Crippen LogP contribution in [0.2, 0.25) is 18.1 Å². The predicted molar refractivity (Wildman–Crippen MR) is 128 cm³/mol. The van der Waals surface area contributed by atoms with Crippen LogP contribution in [-0.4, -0.2) is 24.5 Å². The summed E-state index contributed by atoms with van der Waals surface area (Å²) in [4.78, 5) is 9.01. The average Bonchev–Trinajstić information content (AvgIpc) is 2.61. The van der Waals surface area contributed by atoms with Gasteiger partial charge in [0.25, 0.3) is 8.32 Å². The Kier molecular flexibility index (Phi) is 6.04. The molecule has 0 amide bonds. The molecule has 3 rings (SSSR count). The Morgan fingerprint density at radius 3 is 2.64 bits per heavy atom. The molecule has 5 nitrogen and oxygen atoms in total. The quantitative estimate of drug-likeness (QED) is 0.199. The third kappa shape index (κ3) is 4.88. The Labute approximate surface area is 180 Å². The van der Waals surface area contributed by atoms with E-state index in [-0.39, 0.29) is 5.04 Å². The lowest BCUT2D eigenvalue weighted by Gasteiger charge is -2.36. The van der Waals surface area contributed by atoms with E-state index >= 15 is 0 Å². The van der Waals surface area contributed by atoms with Gasteiger partial charge in [-0.1, -0.05) is 39.0 Å². The molecule has 28 heavy (non-hydrogen) atoms. The van der Waals surface area contributed by atoms with E-state index in [4.69, 9.17) is 9.41 Å². The lowest BCUT2D eigenvalue weighted by Crippen LogP contribution is -2.43. The van der Waals surface area contributed by atoms with Crippen molar-refractivity contribution in [2.24, 2.45) is 5.10 Å². The molecule has 2 aromatic heterocycles. The van der Waals surface area contributed by atoms with Gasteiger partial charge in [-0.25, -0.2) is 9.97 Å². The van der Waals surface area contributed by atoms with Crippen LogP contribution in [0.3, 0.4) is 0 Å². The molecule has 0 radical (unpaired) electrons. The minimum atomic E-state index is -1.95. The first kappa shape index (κ1) is 20.7. The summed E-state index contributed by atoms with van der Waals surface area (Å²) < 4.78 is 7.63. The third-order valence-corrected chi connectivity index (χ3v) is 9.99. The first-order valence-electron chi connectivity index (χ1n) is 9.15. The molecule has 0 aliphatic heterocycles. The molecule has 0 fully saturated rings. The van der Waals surface area contributed by atoms with Crippen molar-refractivity contribution in [2.75, 3.05) is 5.43 Å². The highest BCUT2D eigenvalue weighted by Crippen LogP contribution is 2.38. The Morgan fingerprint density at radius 1 is 1.14 bits per heavy atom. The second kappa shape index (κ2) is 8.16. The molecule has 0 spiro atoms. The summed E-state index contributed by atoms with van der Waals surface area (Å²) in [6, 6.07) is 13.9. The number of rotatable bonds is 5. The molecule has 0 saturated carbocycles. The van der Waals surface area contributed by atoms with Gasteiger partial charge in [0.05, 0.1) is 11.9 Å². The van der Waals surface area contributed by atoms with E-state index < -0.39 is 8.32 Å². The second-order valence-corrected chi connectivity index (χ2v) is 14.1. The van der Waals surface area contributed by atoms with Crippen molar-refractivity contribution in [3.8, 4) is 5.75 Å². The van der Waals surface area contributed by atoms with E-state index in [0.29, 0.717) is 5.82 Å². The van der Waals surface area contributed by atoms with Gasteiger partial charge in [0.15, 0.2) is 0 Å². The lowest BCUT2D eigenvalue weighted by molar-refractivity contribution is 0.495. The van der Waals surface area contributed by atoms with Gasteiger partial charge in [-0.05, 0) is 65.0 Å². The molecule has 0 atom stereocenters. The molecule has 1 N–H and O–H groups in total. The van der Waals surface area contributed by atoms with Crippen molar-refractivity contribution in [1.29, 1.82) is 0 Å². The van der Waals surface area contributed by atoms with Crippen LogP contribution in [-0.2, 0) is 0 Å². The van der Waals surface area contributed by atoms with Crippen LogP contribution >= 0.6 is 22.6 Å². The van der Waals surface area contributed by atoms with Crippen LogP contribution < -0.4 is 9.85 Å². The molecule has 7 heteroatoms. The number of fused-ring (bicyclic) bond motifs is 1. The van der Waals surface area contributed by atoms with Crippen molar-refractivity contribution in [2.45, 2.75) is 38.9 Å². The van der Waals surface area contributed by atoms with Crippen molar-refractivity contribution < 1.29 is 4.43 Å². The molecule has 0 aliphatic rings. The van der Waals surface area contributed by atoms with E-state index in [1.807, 2.05) is 36.4 Å². The van der Waals surface area contributed by atoms with Crippen LogP contribution in [0.5, 0.6) is 5.75 Å². The van der Waals surface area contributed by atoms with Gasteiger partial charge >= 0.3 is 0 Å². The maximum Gasteiger partial charge on any atom is 0.250 e. The van der Waals surface area contributed by atoms with Gasteiger partial charge in [0, 0.05) is 15.2 Å². The fourth-order valence-corrected chi connectivity index (χ4v) is 3.82. The van der Waals surface area contributed by atoms with Crippen molar-refractivity contribution in [3.05, 3.63) is 57.9 Å². The Balaban J connectivity index is 1.87. The first-order valence-corrected chi connectivity index (χ1v) is 13.1.